The van der Waals surface area contributed by atoms with Crippen molar-refractivity contribution in [2.45, 2.75) is 6.54 Å². The maximum absolute atomic E-state index is 11.7. The van der Waals surface area contributed by atoms with Gasteiger partial charge in [-0.15, -0.1) is 0 Å². The molecule has 2 rings (SSSR count). The Kier molecular flexibility index (Phi) is 3.77. The van der Waals surface area contributed by atoms with Crippen molar-refractivity contribution in [1.29, 1.82) is 0 Å². The number of benzene rings is 1. The SMILES string of the molecule is COc1cccc(CNC(=O)c2ccsc2)c1. The van der Waals surface area contributed by atoms with Gasteiger partial charge in [0.15, 0.2) is 0 Å². The fourth-order valence-corrected chi connectivity index (χ4v) is 2.10. The molecule has 1 heterocycles. The van der Waals surface area contributed by atoms with E-state index >= 15 is 0 Å². The van der Waals surface area contributed by atoms with Gasteiger partial charge in [-0.2, -0.15) is 11.3 Å². The number of amides is 1. The number of methoxy groups -OCH3 is 1. The molecular weight excluding hydrogens is 234 g/mol. The summed E-state index contributed by atoms with van der Waals surface area (Å²) in [6.45, 7) is 0.506. The Labute approximate surface area is 104 Å². The van der Waals surface area contributed by atoms with Crippen LogP contribution in [-0.2, 0) is 6.54 Å². The minimum absolute atomic E-state index is 0.0472. The minimum Gasteiger partial charge on any atom is -0.497 e. The Bertz CT molecular complexity index is 494. The maximum Gasteiger partial charge on any atom is 0.252 e. The highest BCUT2D eigenvalue weighted by atomic mass is 32.1. The summed E-state index contributed by atoms with van der Waals surface area (Å²) in [7, 11) is 1.63. The molecule has 88 valence electrons. The summed E-state index contributed by atoms with van der Waals surface area (Å²) in [5.74, 6) is 0.751. The molecule has 1 aromatic heterocycles. The van der Waals surface area contributed by atoms with Crippen LogP contribution < -0.4 is 10.1 Å². The monoisotopic (exact) mass is 247 g/mol. The molecule has 1 amide bonds. The molecule has 0 spiro atoms. The Balaban J connectivity index is 1.95. The highest BCUT2D eigenvalue weighted by molar-refractivity contribution is 7.08. The van der Waals surface area contributed by atoms with E-state index in [1.165, 1.54) is 11.3 Å². The molecule has 17 heavy (non-hydrogen) atoms. The van der Waals surface area contributed by atoms with Gasteiger partial charge >= 0.3 is 0 Å². The second kappa shape index (κ2) is 5.50. The predicted molar refractivity (Wildman–Crippen MR) is 68.5 cm³/mol. The van der Waals surface area contributed by atoms with Crippen LogP contribution >= 0.6 is 11.3 Å². The zero-order chi connectivity index (χ0) is 12.1. The second-order valence-electron chi connectivity index (χ2n) is 3.55. The van der Waals surface area contributed by atoms with E-state index in [9.17, 15) is 4.79 Å². The number of hydrogen-bond donors (Lipinski definition) is 1. The van der Waals surface area contributed by atoms with Crippen molar-refractivity contribution in [2.75, 3.05) is 7.11 Å². The van der Waals surface area contributed by atoms with Crippen molar-refractivity contribution in [2.24, 2.45) is 0 Å². The van der Waals surface area contributed by atoms with Crippen molar-refractivity contribution in [3.63, 3.8) is 0 Å². The van der Waals surface area contributed by atoms with Gasteiger partial charge in [0, 0.05) is 17.5 Å². The average molecular weight is 247 g/mol. The molecule has 1 N–H and O–H groups in total. The molecule has 0 aliphatic carbocycles. The van der Waals surface area contributed by atoms with Gasteiger partial charge in [0.05, 0.1) is 7.11 Å². The number of carbonyl (C=O) groups is 1. The van der Waals surface area contributed by atoms with Gasteiger partial charge in [0.2, 0.25) is 0 Å². The standard InChI is InChI=1S/C13H13NO2S/c1-16-12-4-2-3-10(7-12)8-14-13(15)11-5-6-17-9-11/h2-7,9H,8H2,1H3,(H,14,15). The van der Waals surface area contributed by atoms with Crippen LogP contribution in [0.4, 0.5) is 0 Å². The first-order chi connectivity index (χ1) is 8.29. The molecule has 4 heteroatoms. The van der Waals surface area contributed by atoms with Crippen LogP contribution in [0.1, 0.15) is 15.9 Å². The fraction of sp³-hybridized carbons (Fsp3) is 0.154. The molecule has 0 aliphatic heterocycles. The fourth-order valence-electron chi connectivity index (χ4n) is 1.46. The van der Waals surface area contributed by atoms with E-state index in [1.807, 2.05) is 41.1 Å². The van der Waals surface area contributed by atoms with Gasteiger partial charge in [-0.3, -0.25) is 4.79 Å². The lowest BCUT2D eigenvalue weighted by molar-refractivity contribution is 0.0951. The first-order valence-electron chi connectivity index (χ1n) is 5.23. The number of thiophene rings is 1. The molecule has 0 bridgehead atoms. The number of ether oxygens (including phenoxy) is 1. The van der Waals surface area contributed by atoms with Gasteiger partial charge in [0.25, 0.3) is 5.91 Å². The molecule has 1 aromatic carbocycles. The Morgan fingerprint density at radius 1 is 1.41 bits per heavy atom. The van der Waals surface area contributed by atoms with Gasteiger partial charge < -0.3 is 10.1 Å². The van der Waals surface area contributed by atoms with Crippen LogP contribution in [-0.4, -0.2) is 13.0 Å². The lowest BCUT2D eigenvalue weighted by Crippen LogP contribution is -2.22. The lowest BCUT2D eigenvalue weighted by Gasteiger charge is -2.05. The van der Waals surface area contributed by atoms with Crippen molar-refractivity contribution >= 4 is 17.2 Å². The van der Waals surface area contributed by atoms with Crippen LogP contribution in [0.3, 0.4) is 0 Å². The minimum atomic E-state index is -0.0472. The lowest BCUT2D eigenvalue weighted by atomic mass is 10.2. The van der Waals surface area contributed by atoms with Crippen LogP contribution in [0, 0.1) is 0 Å². The zero-order valence-corrected chi connectivity index (χ0v) is 10.3. The Morgan fingerprint density at radius 2 is 2.29 bits per heavy atom. The van der Waals surface area contributed by atoms with Gasteiger partial charge in [-0.25, -0.2) is 0 Å². The summed E-state index contributed by atoms with van der Waals surface area (Å²) >= 11 is 1.51. The van der Waals surface area contributed by atoms with Crippen LogP contribution in [0.25, 0.3) is 0 Å². The first-order valence-corrected chi connectivity index (χ1v) is 6.17. The summed E-state index contributed by atoms with van der Waals surface area (Å²) < 4.78 is 5.12. The molecule has 3 nitrogen and oxygen atoms in total. The van der Waals surface area contributed by atoms with Crippen molar-refractivity contribution < 1.29 is 9.53 Å². The van der Waals surface area contributed by atoms with Gasteiger partial charge in [-0.1, -0.05) is 12.1 Å². The first kappa shape index (κ1) is 11.7. The van der Waals surface area contributed by atoms with E-state index in [0.717, 1.165) is 11.3 Å². The van der Waals surface area contributed by atoms with E-state index in [0.29, 0.717) is 12.1 Å². The Morgan fingerprint density at radius 3 is 3.00 bits per heavy atom. The summed E-state index contributed by atoms with van der Waals surface area (Å²) in [6, 6.07) is 9.46. The third-order valence-electron chi connectivity index (χ3n) is 2.37. The summed E-state index contributed by atoms with van der Waals surface area (Å²) in [5.41, 5.74) is 1.73. The van der Waals surface area contributed by atoms with Gasteiger partial charge in [0.1, 0.15) is 5.75 Å². The van der Waals surface area contributed by atoms with E-state index in [1.54, 1.807) is 7.11 Å². The van der Waals surface area contributed by atoms with E-state index in [-0.39, 0.29) is 5.91 Å². The quantitative estimate of drug-likeness (QED) is 0.902. The van der Waals surface area contributed by atoms with Crippen molar-refractivity contribution in [1.82, 2.24) is 5.32 Å². The molecule has 0 radical (unpaired) electrons. The number of nitrogens with one attached hydrogen (secondary N) is 1. The van der Waals surface area contributed by atoms with Crippen molar-refractivity contribution in [3.05, 3.63) is 52.2 Å². The summed E-state index contributed by atoms with van der Waals surface area (Å²) in [4.78, 5) is 11.7. The van der Waals surface area contributed by atoms with Crippen LogP contribution in [0.5, 0.6) is 5.75 Å². The van der Waals surface area contributed by atoms with Gasteiger partial charge in [-0.05, 0) is 29.1 Å². The molecular formula is C13H13NO2S. The summed E-state index contributed by atoms with van der Waals surface area (Å²) in [6.07, 6.45) is 0. The zero-order valence-electron chi connectivity index (χ0n) is 9.47. The summed E-state index contributed by atoms with van der Waals surface area (Å²) in [5, 5.41) is 6.59. The third kappa shape index (κ3) is 3.07. The smallest absolute Gasteiger partial charge is 0.252 e. The molecule has 0 unspecified atom stereocenters. The Hall–Kier alpha value is -1.81. The number of hydrogen-bond acceptors (Lipinski definition) is 3. The molecule has 2 aromatic rings. The molecule has 0 aliphatic rings. The molecule has 0 saturated heterocycles. The highest BCUT2D eigenvalue weighted by Crippen LogP contribution is 2.12. The maximum atomic E-state index is 11.7. The highest BCUT2D eigenvalue weighted by Gasteiger charge is 2.05. The van der Waals surface area contributed by atoms with E-state index in [4.69, 9.17) is 4.74 Å². The normalized spacial score (nSPS) is 9.94. The van der Waals surface area contributed by atoms with Crippen molar-refractivity contribution in [3.8, 4) is 5.75 Å². The average Bonchev–Trinajstić information content (AvgIpc) is 2.90. The number of carbonyl (C=O) groups excluding carboxylic acids is 1. The van der Waals surface area contributed by atoms with Crippen LogP contribution in [0.2, 0.25) is 0 Å². The molecule has 0 fully saturated rings. The largest absolute Gasteiger partial charge is 0.497 e. The number of rotatable bonds is 4. The van der Waals surface area contributed by atoms with E-state index in [2.05, 4.69) is 5.32 Å². The molecule has 0 saturated carbocycles. The topological polar surface area (TPSA) is 38.3 Å². The molecule has 0 atom stereocenters. The van der Waals surface area contributed by atoms with E-state index < -0.39 is 0 Å². The second-order valence-corrected chi connectivity index (χ2v) is 4.33. The third-order valence-corrected chi connectivity index (χ3v) is 3.05. The predicted octanol–water partition coefficient (Wildman–Crippen LogP) is 2.69. The van der Waals surface area contributed by atoms with Crippen LogP contribution in [0.15, 0.2) is 41.1 Å².